The third-order valence-electron chi connectivity index (χ3n) is 6.32. The number of aromatic nitrogens is 2. The fraction of sp³-hybridized carbons (Fsp3) is 0.333. The van der Waals surface area contributed by atoms with E-state index in [-0.39, 0.29) is 17.7 Å². The van der Waals surface area contributed by atoms with E-state index in [0.29, 0.717) is 35.0 Å². The number of amides is 1. The van der Waals surface area contributed by atoms with E-state index in [2.05, 4.69) is 21.8 Å². The lowest BCUT2D eigenvalue weighted by Crippen LogP contribution is -2.24. The van der Waals surface area contributed by atoms with Crippen molar-refractivity contribution in [2.45, 2.75) is 50.5 Å². The number of nitrogens with zero attached hydrogens (tertiary/aromatic N) is 3. The summed E-state index contributed by atoms with van der Waals surface area (Å²) in [6.07, 6.45) is 9.09. The minimum absolute atomic E-state index is 0.0762. The van der Waals surface area contributed by atoms with Gasteiger partial charge < -0.3 is 5.32 Å². The Morgan fingerprint density at radius 3 is 2.62 bits per heavy atom. The summed E-state index contributed by atoms with van der Waals surface area (Å²) in [5, 5.41) is 21.2. The number of carbonyl (C=O) groups excluding carboxylic acids is 2. The Balaban J connectivity index is 1.48. The summed E-state index contributed by atoms with van der Waals surface area (Å²) in [4.78, 5) is 26.3. The van der Waals surface area contributed by atoms with Crippen LogP contribution in [0.3, 0.4) is 0 Å². The van der Waals surface area contributed by atoms with Gasteiger partial charge in [-0.2, -0.15) is 15.0 Å². The Morgan fingerprint density at radius 1 is 1.16 bits per heavy atom. The largest absolute Gasteiger partial charge is 0.374 e. The van der Waals surface area contributed by atoms with Crippen molar-refractivity contribution < 1.29 is 9.59 Å². The zero-order valence-electron chi connectivity index (χ0n) is 17.5. The molecule has 1 saturated carbocycles. The number of Topliss-reactive ketones (excluding diaryl/α,β-unsaturated/α-hetero) is 1. The van der Waals surface area contributed by atoms with Gasteiger partial charge in [0.05, 0.1) is 17.2 Å². The van der Waals surface area contributed by atoms with Gasteiger partial charge in [0.1, 0.15) is 10.0 Å². The minimum atomic E-state index is -0.340. The van der Waals surface area contributed by atoms with Gasteiger partial charge in [0.15, 0.2) is 5.78 Å². The van der Waals surface area contributed by atoms with Crippen LogP contribution in [0.25, 0.3) is 0 Å². The second kappa shape index (κ2) is 8.60. The predicted octanol–water partition coefficient (Wildman–Crippen LogP) is 5.16. The SMILES string of the molecule is N#Cc1ccc(C2CCc3c(NC(=O)n4cccn4)sc(NC4CCCC4)c3C2=O)cc1. The highest BCUT2D eigenvalue weighted by atomic mass is 32.1. The zero-order valence-corrected chi connectivity index (χ0v) is 18.3. The smallest absolute Gasteiger partial charge is 0.347 e. The predicted molar refractivity (Wildman–Crippen MR) is 123 cm³/mol. The fourth-order valence-electron chi connectivity index (χ4n) is 4.67. The van der Waals surface area contributed by atoms with E-state index in [1.54, 1.807) is 30.6 Å². The molecule has 8 heteroatoms. The molecule has 0 spiro atoms. The third kappa shape index (κ3) is 3.80. The maximum absolute atomic E-state index is 13.7. The van der Waals surface area contributed by atoms with Crippen molar-refractivity contribution in [1.29, 1.82) is 5.26 Å². The zero-order chi connectivity index (χ0) is 22.1. The molecule has 0 bridgehead atoms. The van der Waals surface area contributed by atoms with Crippen molar-refractivity contribution in [3.05, 3.63) is 65.0 Å². The average Bonchev–Trinajstić information content (AvgIpc) is 3.57. The summed E-state index contributed by atoms with van der Waals surface area (Å²) in [6.45, 7) is 0. The fourth-order valence-corrected chi connectivity index (χ4v) is 5.89. The van der Waals surface area contributed by atoms with Crippen LogP contribution in [0.1, 0.15) is 65.1 Å². The van der Waals surface area contributed by atoms with E-state index < -0.39 is 0 Å². The van der Waals surface area contributed by atoms with E-state index in [1.165, 1.54) is 28.9 Å². The third-order valence-corrected chi connectivity index (χ3v) is 7.40. The standard InChI is InChI=1S/C24H23N5O2S/c25-14-15-6-8-16(9-7-15)18-10-11-19-20(21(18)30)23(27-17-4-1-2-5-17)32-22(19)28-24(31)29-13-3-12-26-29/h3,6-9,12-13,17-18,27H,1-2,4-5,10-11H2,(H,28,31). The molecule has 162 valence electrons. The number of benzene rings is 1. The number of anilines is 2. The number of nitriles is 1. The summed E-state index contributed by atoms with van der Waals surface area (Å²) in [5.74, 6) is -0.170. The molecular formula is C24H23N5O2S. The normalized spacial score (nSPS) is 18.2. The molecule has 32 heavy (non-hydrogen) atoms. The van der Waals surface area contributed by atoms with Gasteiger partial charge in [0.2, 0.25) is 0 Å². The molecule has 0 saturated heterocycles. The molecule has 3 aromatic rings. The van der Waals surface area contributed by atoms with Gasteiger partial charge in [0.25, 0.3) is 0 Å². The molecule has 2 aromatic heterocycles. The van der Waals surface area contributed by atoms with Crippen LogP contribution >= 0.6 is 11.3 Å². The molecule has 1 aromatic carbocycles. The number of rotatable bonds is 4. The van der Waals surface area contributed by atoms with Crippen molar-refractivity contribution in [1.82, 2.24) is 9.78 Å². The first kappa shape index (κ1) is 20.5. The van der Waals surface area contributed by atoms with Crippen molar-refractivity contribution in [2.75, 3.05) is 10.6 Å². The second-order valence-electron chi connectivity index (χ2n) is 8.31. The van der Waals surface area contributed by atoms with Gasteiger partial charge in [-0.3, -0.25) is 10.1 Å². The first-order valence-corrected chi connectivity index (χ1v) is 11.7. The Morgan fingerprint density at radius 2 is 1.94 bits per heavy atom. The first-order valence-electron chi connectivity index (χ1n) is 10.9. The summed E-state index contributed by atoms with van der Waals surface area (Å²) in [7, 11) is 0. The monoisotopic (exact) mass is 445 g/mol. The minimum Gasteiger partial charge on any atom is -0.374 e. The van der Waals surface area contributed by atoms with E-state index in [4.69, 9.17) is 5.26 Å². The Bertz CT molecular complexity index is 1180. The van der Waals surface area contributed by atoms with Crippen LogP contribution in [0.4, 0.5) is 14.8 Å². The first-order chi connectivity index (χ1) is 15.6. The number of hydrogen-bond acceptors (Lipinski definition) is 6. The van der Waals surface area contributed by atoms with Crippen LogP contribution in [0.15, 0.2) is 42.7 Å². The van der Waals surface area contributed by atoms with Crippen molar-refractivity contribution in [2.24, 2.45) is 0 Å². The highest BCUT2D eigenvalue weighted by Crippen LogP contribution is 2.46. The number of thiophene rings is 1. The number of hydrogen-bond donors (Lipinski definition) is 2. The summed E-state index contributed by atoms with van der Waals surface area (Å²) >= 11 is 1.45. The number of ketones is 1. The summed E-state index contributed by atoms with van der Waals surface area (Å²) < 4.78 is 1.25. The van der Waals surface area contributed by atoms with Gasteiger partial charge in [-0.05, 0) is 55.0 Å². The van der Waals surface area contributed by atoms with Gasteiger partial charge in [0, 0.05) is 24.4 Å². The lowest BCUT2D eigenvalue weighted by Gasteiger charge is -2.24. The van der Waals surface area contributed by atoms with Gasteiger partial charge in [-0.15, -0.1) is 0 Å². The Hall–Kier alpha value is -3.44. The van der Waals surface area contributed by atoms with Crippen LogP contribution in [-0.4, -0.2) is 27.6 Å². The molecule has 2 N–H and O–H groups in total. The maximum atomic E-state index is 13.7. The van der Waals surface area contributed by atoms with Crippen LogP contribution < -0.4 is 10.6 Å². The number of nitrogens with one attached hydrogen (secondary N) is 2. The van der Waals surface area contributed by atoms with Gasteiger partial charge >= 0.3 is 6.03 Å². The lowest BCUT2D eigenvalue weighted by atomic mass is 9.80. The second-order valence-corrected chi connectivity index (χ2v) is 9.33. The summed E-state index contributed by atoms with van der Waals surface area (Å²) in [5.41, 5.74) is 3.13. The Kier molecular flexibility index (Phi) is 5.50. The number of carbonyl (C=O) groups is 2. The van der Waals surface area contributed by atoms with Gasteiger partial charge in [-0.1, -0.05) is 36.3 Å². The maximum Gasteiger partial charge on any atom is 0.347 e. The van der Waals surface area contributed by atoms with Crippen molar-refractivity contribution in [3.63, 3.8) is 0 Å². The molecule has 2 aliphatic rings. The molecule has 2 heterocycles. The average molecular weight is 446 g/mol. The highest BCUT2D eigenvalue weighted by molar-refractivity contribution is 7.20. The van der Waals surface area contributed by atoms with E-state index in [1.807, 2.05) is 12.1 Å². The van der Waals surface area contributed by atoms with Crippen molar-refractivity contribution in [3.8, 4) is 6.07 Å². The molecular weight excluding hydrogens is 422 g/mol. The number of fused-ring (bicyclic) bond motifs is 1. The topological polar surface area (TPSA) is 99.8 Å². The van der Waals surface area contributed by atoms with Crippen molar-refractivity contribution >= 4 is 33.2 Å². The van der Waals surface area contributed by atoms with E-state index >= 15 is 0 Å². The van der Waals surface area contributed by atoms with Crippen LogP contribution in [0.5, 0.6) is 0 Å². The molecule has 1 fully saturated rings. The van der Waals surface area contributed by atoms with Crippen LogP contribution in [0, 0.1) is 11.3 Å². The van der Waals surface area contributed by atoms with E-state index in [0.717, 1.165) is 29.0 Å². The molecule has 0 aliphatic heterocycles. The molecule has 0 radical (unpaired) electrons. The van der Waals surface area contributed by atoms with Crippen LogP contribution in [0.2, 0.25) is 0 Å². The summed E-state index contributed by atoms with van der Waals surface area (Å²) in [6, 6.07) is 11.1. The quantitative estimate of drug-likeness (QED) is 0.577. The Labute approximate surface area is 190 Å². The van der Waals surface area contributed by atoms with E-state index in [9.17, 15) is 9.59 Å². The molecule has 1 atom stereocenters. The van der Waals surface area contributed by atoms with Gasteiger partial charge in [-0.25, -0.2) is 4.79 Å². The molecule has 1 unspecified atom stereocenters. The highest BCUT2D eigenvalue weighted by Gasteiger charge is 2.35. The molecule has 2 aliphatic carbocycles. The molecule has 5 rings (SSSR count). The molecule has 1 amide bonds. The molecule has 7 nitrogen and oxygen atoms in total. The lowest BCUT2D eigenvalue weighted by molar-refractivity contribution is 0.0947. The van der Waals surface area contributed by atoms with Crippen LogP contribution in [-0.2, 0) is 6.42 Å².